The summed E-state index contributed by atoms with van der Waals surface area (Å²) in [4.78, 5) is 24.4. The van der Waals surface area contributed by atoms with Gasteiger partial charge in [-0.15, -0.1) is 0 Å². The van der Waals surface area contributed by atoms with Crippen molar-refractivity contribution in [2.75, 3.05) is 5.32 Å². The van der Waals surface area contributed by atoms with E-state index in [0.717, 1.165) is 16.5 Å². The van der Waals surface area contributed by atoms with Gasteiger partial charge >= 0.3 is 0 Å². The van der Waals surface area contributed by atoms with E-state index in [1.54, 1.807) is 31.2 Å². The summed E-state index contributed by atoms with van der Waals surface area (Å²) in [7, 11) is 0. The van der Waals surface area contributed by atoms with Crippen LogP contribution in [0.1, 0.15) is 45.4 Å². The Kier molecular flexibility index (Phi) is 4.64. The molecule has 2 aromatic carbocycles. The summed E-state index contributed by atoms with van der Waals surface area (Å²) >= 11 is 6.16. The first-order valence-electron chi connectivity index (χ1n) is 8.04. The van der Waals surface area contributed by atoms with Crippen molar-refractivity contribution in [1.29, 1.82) is 0 Å². The summed E-state index contributed by atoms with van der Waals surface area (Å²) in [6.07, 6.45) is 0.417. The van der Waals surface area contributed by atoms with Crippen LogP contribution in [0.5, 0.6) is 0 Å². The number of carbonyl (C=O) groups is 2. The average Bonchev–Trinajstić information content (AvgIpc) is 2.91. The highest BCUT2D eigenvalue weighted by Gasteiger charge is 2.19. The van der Waals surface area contributed by atoms with Gasteiger partial charge in [-0.2, -0.15) is 0 Å². The third-order valence-electron chi connectivity index (χ3n) is 4.19. The molecule has 0 saturated carbocycles. The fraction of sp³-hybridized carbons (Fsp3) is 0.200. The highest BCUT2D eigenvalue weighted by Crippen LogP contribution is 2.30. The first-order chi connectivity index (χ1) is 11.9. The van der Waals surface area contributed by atoms with Crippen LogP contribution in [0.15, 0.2) is 40.8 Å². The van der Waals surface area contributed by atoms with Crippen LogP contribution < -0.4 is 5.32 Å². The minimum absolute atomic E-state index is 0.0288. The molecular weight excluding hydrogens is 338 g/mol. The first-order valence-corrected chi connectivity index (χ1v) is 8.42. The van der Waals surface area contributed by atoms with E-state index in [9.17, 15) is 9.59 Å². The number of hydrogen-bond acceptors (Lipinski definition) is 3. The average molecular weight is 356 g/mol. The van der Waals surface area contributed by atoms with Crippen molar-refractivity contribution >= 4 is 39.9 Å². The van der Waals surface area contributed by atoms with E-state index in [1.807, 2.05) is 26.0 Å². The number of amides is 1. The second-order valence-electron chi connectivity index (χ2n) is 5.97. The molecular formula is C20H18ClNO3. The molecule has 128 valence electrons. The molecule has 1 heterocycles. The zero-order chi connectivity index (χ0) is 18.1. The number of rotatable bonds is 4. The van der Waals surface area contributed by atoms with Gasteiger partial charge in [0.2, 0.25) is 0 Å². The molecule has 0 aliphatic carbocycles. The van der Waals surface area contributed by atoms with Crippen LogP contribution in [0.3, 0.4) is 0 Å². The van der Waals surface area contributed by atoms with Gasteiger partial charge in [0.25, 0.3) is 5.91 Å². The van der Waals surface area contributed by atoms with Crippen molar-refractivity contribution < 1.29 is 14.0 Å². The normalized spacial score (nSPS) is 10.9. The van der Waals surface area contributed by atoms with Crippen LogP contribution in [0.2, 0.25) is 5.02 Å². The number of hydrogen-bond donors (Lipinski definition) is 1. The number of ketones is 1. The molecule has 3 rings (SSSR count). The number of aryl methyl sites for hydroxylation is 2. The Bertz CT molecular complexity index is 988. The lowest BCUT2D eigenvalue weighted by Crippen LogP contribution is -2.12. The molecule has 25 heavy (non-hydrogen) atoms. The number of halogens is 1. The van der Waals surface area contributed by atoms with Crippen LogP contribution in [-0.4, -0.2) is 11.7 Å². The van der Waals surface area contributed by atoms with E-state index in [1.165, 1.54) is 0 Å². The third-order valence-corrected chi connectivity index (χ3v) is 4.59. The number of anilines is 1. The number of furan rings is 1. The van der Waals surface area contributed by atoms with E-state index >= 15 is 0 Å². The second kappa shape index (κ2) is 6.73. The zero-order valence-corrected chi connectivity index (χ0v) is 15.0. The lowest BCUT2D eigenvalue weighted by Gasteiger charge is -2.06. The number of nitrogens with one attached hydrogen (secondary N) is 1. The van der Waals surface area contributed by atoms with Crippen molar-refractivity contribution in [1.82, 2.24) is 0 Å². The molecule has 0 fully saturated rings. The molecule has 0 spiro atoms. The molecule has 0 aliphatic heterocycles. The van der Waals surface area contributed by atoms with Gasteiger partial charge in [-0.1, -0.05) is 30.7 Å². The molecule has 1 N–H and O–H groups in total. The first kappa shape index (κ1) is 17.2. The maximum Gasteiger partial charge on any atom is 0.291 e. The molecule has 1 amide bonds. The monoisotopic (exact) mass is 355 g/mol. The van der Waals surface area contributed by atoms with Crippen molar-refractivity contribution in [2.45, 2.75) is 27.2 Å². The van der Waals surface area contributed by atoms with Gasteiger partial charge in [-0.05, 0) is 43.7 Å². The van der Waals surface area contributed by atoms with Crippen LogP contribution >= 0.6 is 11.6 Å². The van der Waals surface area contributed by atoms with Crippen LogP contribution in [0.25, 0.3) is 11.0 Å². The van der Waals surface area contributed by atoms with E-state index in [0.29, 0.717) is 28.3 Å². The maximum atomic E-state index is 12.6. The smallest absolute Gasteiger partial charge is 0.291 e. The molecule has 0 atom stereocenters. The van der Waals surface area contributed by atoms with E-state index in [2.05, 4.69) is 5.32 Å². The molecule has 0 saturated heterocycles. The minimum atomic E-state index is -0.358. The Balaban J connectivity index is 1.93. The van der Waals surface area contributed by atoms with Gasteiger partial charge in [-0.3, -0.25) is 9.59 Å². The third kappa shape index (κ3) is 3.30. The molecule has 5 heteroatoms. The lowest BCUT2D eigenvalue weighted by atomic mass is 10.1. The van der Waals surface area contributed by atoms with E-state index < -0.39 is 0 Å². The highest BCUT2D eigenvalue weighted by molar-refractivity contribution is 6.32. The van der Waals surface area contributed by atoms with Gasteiger partial charge in [0.05, 0.1) is 0 Å². The number of Topliss-reactive ketones (excluding diaryl/α,β-unsaturated/α-hetero) is 1. The predicted molar refractivity (Wildman–Crippen MR) is 99.7 cm³/mol. The minimum Gasteiger partial charge on any atom is -0.451 e. The quantitative estimate of drug-likeness (QED) is 0.624. The standard InChI is InChI=1S/C20H18ClNO3/c1-4-17(23)13-6-5-7-14(9-13)22-20(24)19-12(3)15-10-16(21)11(2)8-18(15)25-19/h5-10H,4H2,1-3H3,(H,22,24). The van der Waals surface area contributed by atoms with Crippen molar-refractivity contribution in [3.63, 3.8) is 0 Å². The van der Waals surface area contributed by atoms with Crippen molar-refractivity contribution in [2.24, 2.45) is 0 Å². The summed E-state index contributed by atoms with van der Waals surface area (Å²) in [6.45, 7) is 5.51. The van der Waals surface area contributed by atoms with Gasteiger partial charge < -0.3 is 9.73 Å². The Morgan fingerprint density at radius 2 is 1.92 bits per heavy atom. The SMILES string of the molecule is CCC(=O)c1cccc(NC(=O)c2oc3cc(C)c(Cl)cc3c2C)c1. The Morgan fingerprint density at radius 1 is 1.16 bits per heavy atom. The number of benzene rings is 2. The second-order valence-corrected chi connectivity index (χ2v) is 6.37. The molecule has 1 aromatic heterocycles. The maximum absolute atomic E-state index is 12.6. The van der Waals surface area contributed by atoms with E-state index in [-0.39, 0.29) is 17.5 Å². The zero-order valence-electron chi connectivity index (χ0n) is 14.3. The van der Waals surface area contributed by atoms with Gasteiger partial charge in [0, 0.05) is 33.6 Å². The molecule has 3 aromatic rings. The molecule has 0 aliphatic rings. The topological polar surface area (TPSA) is 59.3 Å². The van der Waals surface area contributed by atoms with Crippen LogP contribution in [0, 0.1) is 13.8 Å². The Labute approximate surface area is 150 Å². The molecule has 0 bridgehead atoms. The summed E-state index contributed by atoms with van der Waals surface area (Å²) < 4.78 is 5.73. The van der Waals surface area contributed by atoms with Crippen LogP contribution in [-0.2, 0) is 0 Å². The summed E-state index contributed by atoms with van der Waals surface area (Å²) in [5, 5.41) is 4.24. The number of fused-ring (bicyclic) bond motifs is 1. The Morgan fingerprint density at radius 3 is 2.64 bits per heavy atom. The molecule has 0 unspecified atom stereocenters. The highest BCUT2D eigenvalue weighted by atomic mass is 35.5. The lowest BCUT2D eigenvalue weighted by molar-refractivity contribution is 0.0982. The largest absolute Gasteiger partial charge is 0.451 e. The van der Waals surface area contributed by atoms with Crippen LogP contribution in [0.4, 0.5) is 5.69 Å². The molecule has 0 radical (unpaired) electrons. The fourth-order valence-electron chi connectivity index (χ4n) is 2.72. The number of carbonyl (C=O) groups excluding carboxylic acids is 2. The predicted octanol–water partition coefficient (Wildman–Crippen LogP) is 5.55. The van der Waals surface area contributed by atoms with Gasteiger partial charge in [0.1, 0.15) is 5.58 Å². The van der Waals surface area contributed by atoms with E-state index in [4.69, 9.17) is 16.0 Å². The fourth-order valence-corrected chi connectivity index (χ4v) is 2.88. The summed E-state index contributed by atoms with van der Waals surface area (Å²) in [6, 6.07) is 10.5. The Hall–Kier alpha value is -2.59. The van der Waals surface area contributed by atoms with Crippen molar-refractivity contribution in [3.05, 3.63) is 63.9 Å². The van der Waals surface area contributed by atoms with Gasteiger partial charge in [0.15, 0.2) is 11.5 Å². The van der Waals surface area contributed by atoms with Crippen molar-refractivity contribution in [3.8, 4) is 0 Å². The van der Waals surface area contributed by atoms with Gasteiger partial charge in [-0.25, -0.2) is 0 Å². The summed E-state index contributed by atoms with van der Waals surface area (Å²) in [5.41, 5.74) is 3.37. The molecule has 4 nitrogen and oxygen atoms in total. The summed E-state index contributed by atoms with van der Waals surface area (Å²) in [5.74, 6) is -0.0893.